The van der Waals surface area contributed by atoms with Gasteiger partial charge >= 0.3 is 0 Å². The van der Waals surface area contributed by atoms with Crippen LogP contribution in [-0.2, 0) is 0 Å². The molecule has 2 N–H and O–H groups in total. The van der Waals surface area contributed by atoms with Gasteiger partial charge < -0.3 is 19.7 Å². The molecule has 0 aromatic heterocycles. The summed E-state index contributed by atoms with van der Waals surface area (Å²) >= 11 is 0. The highest BCUT2D eigenvalue weighted by molar-refractivity contribution is 5.95. The average molecular weight is 486 g/mol. The molecule has 0 amide bonds. The number of allylic oxidation sites excluding steroid dienone is 1. The van der Waals surface area contributed by atoms with Crippen molar-refractivity contribution in [2.24, 2.45) is 0 Å². The quantitative estimate of drug-likeness (QED) is 0.402. The molecule has 5 rings (SSSR count). The summed E-state index contributed by atoms with van der Waals surface area (Å²) in [6, 6.07) is 21.5. The molecule has 3 aromatic carbocycles. The van der Waals surface area contributed by atoms with Crippen molar-refractivity contribution in [3.63, 3.8) is 0 Å². The lowest BCUT2D eigenvalue weighted by atomic mass is 9.86. The zero-order valence-electron chi connectivity index (χ0n) is 21.3. The van der Waals surface area contributed by atoms with Crippen LogP contribution in [0.2, 0.25) is 0 Å². The normalized spacial score (nSPS) is 21.0. The van der Waals surface area contributed by atoms with Crippen molar-refractivity contribution in [2.75, 3.05) is 13.2 Å². The Bertz CT molecular complexity index is 1250. The van der Waals surface area contributed by atoms with E-state index in [0.717, 1.165) is 45.9 Å². The van der Waals surface area contributed by atoms with Crippen LogP contribution in [0.5, 0.6) is 23.0 Å². The Hall–Kier alpha value is -3.44. The van der Waals surface area contributed by atoms with Crippen LogP contribution in [0.25, 0.3) is 11.1 Å². The van der Waals surface area contributed by atoms with E-state index < -0.39 is 0 Å². The number of hydrogen-bond acceptors (Lipinski definition) is 5. The molecule has 1 fully saturated rings. The summed E-state index contributed by atoms with van der Waals surface area (Å²) in [6.07, 6.45) is 3.49. The van der Waals surface area contributed by atoms with Crippen LogP contribution in [-0.4, -0.2) is 40.3 Å². The highest BCUT2D eigenvalue weighted by Gasteiger charge is 2.30. The minimum atomic E-state index is -0.356. The predicted octanol–water partition coefficient (Wildman–Crippen LogP) is 6.80. The maximum atomic E-state index is 10.2. The Morgan fingerprint density at radius 2 is 1.78 bits per heavy atom. The third kappa shape index (κ3) is 4.93. The van der Waals surface area contributed by atoms with Crippen molar-refractivity contribution in [2.45, 2.75) is 58.2 Å². The monoisotopic (exact) mass is 485 g/mol. The second-order valence-electron chi connectivity index (χ2n) is 10.1. The summed E-state index contributed by atoms with van der Waals surface area (Å²) in [4.78, 5) is 2.55. The van der Waals surface area contributed by atoms with E-state index in [4.69, 9.17) is 9.47 Å². The fourth-order valence-electron chi connectivity index (χ4n) is 5.54. The minimum absolute atomic E-state index is 0.195. The number of phenolic OH excluding ortho intramolecular Hbond substituents is 2. The van der Waals surface area contributed by atoms with Crippen LogP contribution >= 0.6 is 0 Å². The number of benzene rings is 3. The molecule has 3 aromatic rings. The van der Waals surface area contributed by atoms with Crippen LogP contribution < -0.4 is 9.47 Å². The van der Waals surface area contributed by atoms with Gasteiger partial charge in [0.1, 0.15) is 35.7 Å². The van der Waals surface area contributed by atoms with Crippen LogP contribution in [0.15, 0.2) is 66.7 Å². The molecule has 0 spiro atoms. The lowest BCUT2D eigenvalue weighted by molar-refractivity contribution is 0.0816. The third-order valence-corrected chi connectivity index (χ3v) is 7.53. The highest BCUT2D eigenvalue weighted by Crippen LogP contribution is 2.47. The van der Waals surface area contributed by atoms with E-state index in [1.165, 1.54) is 19.3 Å². The Kier molecular flexibility index (Phi) is 6.92. The minimum Gasteiger partial charge on any atom is -0.508 e. The van der Waals surface area contributed by atoms with E-state index in [-0.39, 0.29) is 17.6 Å². The van der Waals surface area contributed by atoms with Crippen molar-refractivity contribution in [1.82, 2.24) is 4.90 Å². The van der Waals surface area contributed by atoms with Crippen LogP contribution in [0, 0.1) is 0 Å². The molecule has 0 saturated carbocycles. The van der Waals surface area contributed by atoms with Gasteiger partial charge in [-0.25, -0.2) is 0 Å². The Morgan fingerprint density at radius 3 is 2.53 bits per heavy atom. The third-order valence-electron chi connectivity index (χ3n) is 7.53. The number of fused-ring (bicyclic) bond motifs is 1. The first-order chi connectivity index (χ1) is 17.4. The topological polar surface area (TPSA) is 62.2 Å². The zero-order valence-corrected chi connectivity index (χ0v) is 21.3. The summed E-state index contributed by atoms with van der Waals surface area (Å²) in [6.45, 7) is 8.40. The first kappa shape index (κ1) is 24.3. The number of hydrogen-bond donors (Lipinski definition) is 2. The van der Waals surface area contributed by atoms with Crippen molar-refractivity contribution < 1.29 is 19.7 Å². The van der Waals surface area contributed by atoms with E-state index >= 15 is 0 Å². The lowest BCUT2D eigenvalue weighted by Gasteiger charge is -2.37. The molecule has 2 heterocycles. The molecular formula is C31H35NO4. The average Bonchev–Trinajstić information content (AvgIpc) is 2.88. The molecule has 2 aliphatic heterocycles. The molecule has 0 radical (unpaired) electrons. The van der Waals surface area contributed by atoms with Crippen molar-refractivity contribution >= 4 is 11.1 Å². The molecule has 2 aliphatic rings. The number of nitrogens with zero attached hydrogens (tertiary/aromatic N) is 1. The van der Waals surface area contributed by atoms with E-state index in [1.54, 1.807) is 30.3 Å². The molecule has 188 valence electrons. The standard InChI is InChI=1S/C31H35NO4/c1-20-7-4-5-16-32(20)21(2)19-35-27-13-10-23(11-14-27)31-30(24-8-6-9-25(33)17-24)22(3)28-18-26(34)12-15-29(28)36-31/h6,8-15,17-18,20-21,31,33-34H,4-5,7,16,19H2,1-3H3. The highest BCUT2D eigenvalue weighted by atomic mass is 16.5. The number of likely N-dealkylation sites (tertiary alicyclic amines) is 1. The second kappa shape index (κ2) is 10.3. The summed E-state index contributed by atoms with van der Waals surface area (Å²) < 4.78 is 12.7. The van der Waals surface area contributed by atoms with Crippen molar-refractivity contribution in [3.05, 3.63) is 83.4 Å². The first-order valence-corrected chi connectivity index (χ1v) is 12.9. The van der Waals surface area contributed by atoms with Crippen LogP contribution in [0.3, 0.4) is 0 Å². The van der Waals surface area contributed by atoms with Crippen LogP contribution in [0.1, 0.15) is 62.8 Å². The van der Waals surface area contributed by atoms with Crippen molar-refractivity contribution in [3.8, 4) is 23.0 Å². The van der Waals surface area contributed by atoms with Gasteiger partial charge in [0, 0.05) is 23.2 Å². The largest absolute Gasteiger partial charge is 0.508 e. The van der Waals surface area contributed by atoms with Crippen molar-refractivity contribution in [1.29, 1.82) is 0 Å². The summed E-state index contributed by atoms with van der Waals surface area (Å²) in [7, 11) is 0. The second-order valence-corrected chi connectivity index (χ2v) is 10.1. The molecule has 0 bridgehead atoms. The van der Waals surface area contributed by atoms with E-state index in [2.05, 4.69) is 30.9 Å². The number of ether oxygens (including phenoxy) is 2. The summed E-state index contributed by atoms with van der Waals surface area (Å²) in [5.41, 5.74) is 4.70. The Labute approximate surface area is 213 Å². The SMILES string of the molecule is CC1=C(c2cccc(O)c2)C(c2ccc(OCC(C)N3CCCCC3C)cc2)Oc2ccc(O)cc21. The molecule has 36 heavy (non-hydrogen) atoms. The molecule has 5 nitrogen and oxygen atoms in total. The predicted molar refractivity (Wildman–Crippen MR) is 143 cm³/mol. The van der Waals surface area contributed by atoms with Gasteiger partial charge in [-0.2, -0.15) is 0 Å². The molecular weight excluding hydrogens is 450 g/mol. The van der Waals surface area contributed by atoms with E-state index in [1.807, 2.05) is 31.2 Å². The molecule has 3 unspecified atom stereocenters. The number of rotatable bonds is 6. The molecule has 3 atom stereocenters. The first-order valence-electron chi connectivity index (χ1n) is 12.9. The van der Waals surface area contributed by atoms with Gasteiger partial charge in [0.05, 0.1) is 0 Å². The fourth-order valence-corrected chi connectivity index (χ4v) is 5.54. The van der Waals surface area contributed by atoms with Gasteiger partial charge in [-0.05, 0) is 99.3 Å². The Balaban J connectivity index is 1.40. The van der Waals surface area contributed by atoms with Gasteiger partial charge in [0.25, 0.3) is 0 Å². The maximum absolute atomic E-state index is 10.2. The van der Waals surface area contributed by atoms with Crippen LogP contribution in [0.4, 0.5) is 0 Å². The van der Waals surface area contributed by atoms with Gasteiger partial charge in [0.15, 0.2) is 0 Å². The maximum Gasteiger partial charge on any atom is 0.150 e. The molecule has 1 saturated heterocycles. The zero-order chi connectivity index (χ0) is 25.2. The number of aromatic hydroxyl groups is 2. The molecule has 0 aliphatic carbocycles. The van der Waals surface area contributed by atoms with Gasteiger partial charge in [-0.1, -0.05) is 30.7 Å². The lowest BCUT2D eigenvalue weighted by Crippen LogP contribution is -2.45. The summed E-state index contributed by atoms with van der Waals surface area (Å²) in [5.74, 6) is 1.97. The number of phenols is 2. The van der Waals surface area contributed by atoms with Gasteiger partial charge in [0.2, 0.25) is 0 Å². The molecule has 5 heteroatoms. The fraction of sp³-hybridized carbons (Fsp3) is 0.355. The van der Waals surface area contributed by atoms with Gasteiger partial charge in [-0.15, -0.1) is 0 Å². The smallest absolute Gasteiger partial charge is 0.150 e. The summed E-state index contributed by atoms with van der Waals surface area (Å²) in [5, 5.41) is 20.2. The van der Waals surface area contributed by atoms with E-state index in [0.29, 0.717) is 18.7 Å². The van der Waals surface area contributed by atoms with Gasteiger partial charge in [-0.3, -0.25) is 4.90 Å². The number of piperidine rings is 1. The van der Waals surface area contributed by atoms with E-state index in [9.17, 15) is 10.2 Å². The Morgan fingerprint density at radius 1 is 1.00 bits per heavy atom.